The van der Waals surface area contributed by atoms with Gasteiger partial charge < -0.3 is 14.7 Å². The topological polar surface area (TPSA) is 45.0 Å². The van der Waals surface area contributed by atoms with E-state index in [9.17, 15) is 0 Å². The number of nitrogens with two attached hydrogens (primary N) is 1. The summed E-state index contributed by atoms with van der Waals surface area (Å²) in [6.07, 6.45) is 16.4. The zero-order chi connectivity index (χ0) is 23.7. The van der Waals surface area contributed by atoms with Gasteiger partial charge in [-0.1, -0.05) is 0 Å². The van der Waals surface area contributed by atoms with Crippen LogP contribution in [0, 0.1) is 0 Å². The number of likely N-dealkylation sites (tertiary alicyclic amines) is 3. The average Bonchev–Trinajstić information content (AvgIpc) is 3.70. The molecule has 0 bridgehead atoms. The third-order valence-corrected chi connectivity index (χ3v) is 14.0. The normalized spacial score (nSPS) is 35.4. The van der Waals surface area contributed by atoms with Crippen LogP contribution in [0.25, 0.3) is 0 Å². The summed E-state index contributed by atoms with van der Waals surface area (Å²) in [5, 5.41) is 8.04. The molecule has 6 aliphatic rings. The van der Waals surface area contributed by atoms with Crippen molar-refractivity contribution in [3.05, 3.63) is 0 Å². The van der Waals surface area contributed by atoms with Crippen LogP contribution >= 0.6 is 7.51 Å². The largest absolute Gasteiger partial charge is 0.309 e. The molecule has 3 atom stereocenters. The van der Waals surface area contributed by atoms with Gasteiger partial charge >= 0.3 is 7.51 Å². The van der Waals surface area contributed by atoms with Gasteiger partial charge in [0.1, 0.15) is 0 Å². The second-order valence-corrected chi connectivity index (χ2v) is 15.3. The van der Waals surface area contributed by atoms with E-state index in [4.69, 9.17) is 5.16 Å². The van der Waals surface area contributed by atoms with Gasteiger partial charge in [0.15, 0.2) is 0 Å². The molecule has 0 aromatic rings. The van der Waals surface area contributed by atoms with Crippen LogP contribution in [-0.2, 0) is 0 Å². The first-order chi connectivity index (χ1) is 17.2. The van der Waals surface area contributed by atoms with E-state index in [1.807, 2.05) is 0 Å². The standard InChI is InChI=1S/C27H52N7P/c28-35(32-19-7-10-25(32)22-29-13-1-2-14-29,33-20-8-11-26(33)23-30-15-3-4-16-30)34-21-9-12-27(34)24-31-17-5-6-18-31/h25-28H,1-24H2/p+1/t25-,26-,27-/m0/s1. The van der Waals surface area contributed by atoms with Crippen molar-refractivity contribution in [2.45, 2.75) is 95.2 Å². The van der Waals surface area contributed by atoms with E-state index in [1.54, 1.807) is 0 Å². The van der Waals surface area contributed by atoms with E-state index in [0.29, 0.717) is 18.1 Å². The fourth-order valence-electron chi connectivity index (χ4n) is 8.41. The maximum atomic E-state index is 8.04. The highest BCUT2D eigenvalue weighted by molar-refractivity contribution is 7.56. The molecule has 0 radical (unpaired) electrons. The summed E-state index contributed by atoms with van der Waals surface area (Å²) >= 11 is 0. The lowest BCUT2D eigenvalue weighted by molar-refractivity contribution is -0.116. The summed E-state index contributed by atoms with van der Waals surface area (Å²) < 4.78 is 8.82. The van der Waals surface area contributed by atoms with Gasteiger partial charge in [0, 0.05) is 57.4 Å². The maximum absolute atomic E-state index is 8.04. The Kier molecular flexibility index (Phi) is 8.23. The maximum Gasteiger partial charge on any atom is 0.309 e. The second-order valence-electron chi connectivity index (χ2n) is 12.5. The molecule has 6 fully saturated rings. The van der Waals surface area contributed by atoms with Crippen LogP contribution in [-0.4, -0.2) is 125 Å². The highest BCUT2D eigenvalue weighted by atomic mass is 31.2. The first-order valence-corrected chi connectivity index (χ1v) is 17.1. The molecule has 0 aromatic heterocycles. The van der Waals surface area contributed by atoms with Crippen molar-refractivity contribution >= 4 is 7.51 Å². The fourth-order valence-corrected chi connectivity index (χ4v) is 12.6. The zero-order valence-corrected chi connectivity index (χ0v) is 23.3. The number of hydrogen-bond donors (Lipinski definition) is 1. The predicted molar refractivity (Wildman–Crippen MR) is 145 cm³/mol. The molecule has 0 saturated carbocycles. The van der Waals surface area contributed by atoms with Gasteiger partial charge in [-0.05, 0) is 116 Å². The number of nitrogens with zero attached hydrogens (tertiary/aromatic N) is 6. The van der Waals surface area contributed by atoms with Crippen molar-refractivity contribution in [1.82, 2.24) is 28.7 Å². The quantitative estimate of drug-likeness (QED) is 0.485. The van der Waals surface area contributed by atoms with E-state index in [2.05, 4.69) is 28.7 Å². The van der Waals surface area contributed by atoms with Crippen molar-refractivity contribution in [2.75, 3.05) is 78.5 Å². The van der Waals surface area contributed by atoms with Gasteiger partial charge in [0.05, 0.1) is 0 Å². The number of hydrogen-bond acceptors (Lipinski definition) is 3. The van der Waals surface area contributed by atoms with Crippen LogP contribution < -0.4 is 5.16 Å². The van der Waals surface area contributed by atoms with Crippen LogP contribution in [0.4, 0.5) is 0 Å². The van der Waals surface area contributed by atoms with Gasteiger partial charge in [-0.25, -0.2) is 19.2 Å². The molecular weight excluding hydrogens is 453 g/mol. The second kappa shape index (κ2) is 11.4. The Morgan fingerprint density at radius 1 is 0.429 bits per heavy atom. The lowest BCUT2D eigenvalue weighted by atomic mass is 10.2. The molecule has 0 aromatic carbocycles. The first kappa shape index (κ1) is 25.3. The summed E-state index contributed by atoms with van der Waals surface area (Å²) in [6.45, 7) is 15.3. The molecule has 7 nitrogen and oxygen atoms in total. The summed E-state index contributed by atoms with van der Waals surface area (Å²) in [5.41, 5.74) is 0. The third kappa shape index (κ3) is 5.30. The Bertz CT molecular complexity index is 636. The van der Waals surface area contributed by atoms with E-state index < -0.39 is 7.51 Å². The Labute approximate surface area is 215 Å². The molecular formula is C27H53N7P+. The average molecular weight is 507 g/mol. The molecule has 6 heterocycles. The monoisotopic (exact) mass is 506 g/mol. The lowest BCUT2D eigenvalue weighted by Gasteiger charge is -2.46. The van der Waals surface area contributed by atoms with Gasteiger partial charge in [-0.15, -0.1) is 0 Å². The van der Waals surface area contributed by atoms with Crippen molar-refractivity contribution in [1.29, 1.82) is 0 Å². The highest BCUT2D eigenvalue weighted by Gasteiger charge is 2.55. The summed E-state index contributed by atoms with van der Waals surface area (Å²) in [5.74, 6) is 0. The molecule has 0 aliphatic carbocycles. The third-order valence-electron chi connectivity index (χ3n) is 10.2. The predicted octanol–water partition coefficient (Wildman–Crippen LogP) is 2.37. The SMILES string of the molecule is [NH2+]=P(N1CCC[C@H]1CN1CCCC1)(N1CCC[C@H]1CN1CCCC1)N1CCC[C@H]1CN1CCCC1. The van der Waals surface area contributed by atoms with E-state index >= 15 is 0 Å². The van der Waals surface area contributed by atoms with Crippen molar-refractivity contribution in [3.63, 3.8) is 0 Å². The van der Waals surface area contributed by atoms with Crippen LogP contribution in [0.15, 0.2) is 0 Å². The van der Waals surface area contributed by atoms with Crippen LogP contribution in [0.2, 0.25) is 0 Å². The Morgan fingerprint density at radius 3 is 1.00 bits per heavy atom. The van der Waals surface area contributed by atoms with E-state index in [1.165, 1.54) is 156 Å². The Hall–Kier alpha value is -0.0100. The van der Waals surface area contributed by atoms with Crippen molar-refractivity contribution in [3.8, 4) is 0 Å². The first-order valence-electron chi connectivity index (χ1n) is 15.4. The van der Waals surface area contributed by atoms with E-state index in [-0.39, 0.29) is 0 Å². The Morgan fingerprint density at radius 2 is 0.714 bits per heavy atom. The fraction of sp³-hybridized carbons (Fsp3) is 1.00. The molecule has 0 amide bonds. The Balaban J connectivity index is 1.27. The van der Waals surface area contributed by atoms with E-state index in [0.717, 1.165) is 0 Å². The molecule has 0 unspecified atom stereocenters. The molecule has 6 rings (SSSR count). The molecule has 6 saturated heterocycles. The summed E-state index contributed by atoms with van der Waals surface area (Å²) in [6, 6.07) is 1.98. The van der Waals surface area contributed by atoms with Gasteiger partial charge in [-0.3, -0.25) is 0 Å². The molecule has 200 valence electrons. The van der Waals surface area contributed by atoms with Crippen LogP contribution in [0.3, 0.4) is 0 Å². The minimum Gasteiger partial charge on any atom is -0.302 e. The van der Waals surface area contributed by atoms with Gasteiger partial charge in [0.2, 0.25) is 0 Å². The zero-order valence-electron chi connectivity index (χ0n) is 22.4. The smallest absolute Gasteiger partial charge is 0.302 e. The minimum atomic E-state index is -2.03. The molecule has 0 spiro atoms. The van der Waals surface area contributed by atoms with Crippen LogP contribution in [0.5, 0.6) is 0 Å². The molecule has 2 N–H and O–H groups in total. The van der Waals surface area contributed by atoms with Gasteiger partial charge in [-0.2, -0.15) is 0 Å². The number of rotatable bonds is 9. The highest BCUT2D eigenvalue weighted by Crippen LogP contribution is 2.61. The van der Waals surface area contributed by atoms with Crippen molar-refractivity contribution < 1.29 is 5.16 Å². The lowest BCUT2D eigenvalue weighted by Crippen LogP contribution is -2.59. The van der Waals surface area contributed by atoms with Crippen molar-refractivity contribution in [2.24, 2.45) is 0 Å². The molecule has 6 aliphatic heterocycles. The van der Waals surface area contributed by atoms with Gasteiger partial charge in [0.25, 0.3) is 0 Å². The molecule has 35 heavy (non-hydrogen) atoms. The molecule has 8 heteroatoms. The summed E-state index contributed by atoms with van der Waals surface area (Å²) in [4.78, 5) is 8.26. The minimum absolute atomic E-state index is 0.660. The summed E-state index contributed by atoms with van der Waals surface area (Å²) in [7, 11) is -2.03. The van der Waals surface area contributed by atoms with Crippen LogP contribution in [0.1, 0.15) is 77.0 Å².